The Morgan fingerprint density at radius 2 is 1.07 bits per heavy atom. The maximum absolute atomic E-state index is 11.2. The van der Waals surface area contributed by atoms with E-state index in [1.807, 2.05) is 0 Å². The molecule has 0 aromatic heterocycles. The van der Waals surface area contributed by atoms with E-state index in [2.05, 4.69) is 10.2 Å². The van der Waals surface area contributed by atoms with Crippen LogP contribution in [0.3, 0.4) is 0 Å². The van der Waals surface area contributed by atoms with Crippen LogP contribution in [-0.4, -0.2) is 35.9 Å². The molecule has 12 heteroatoms. The molecule has 142 valence electrons. The van der Waals surface area contributed by atoms with Crippen LogP contribution in [0.15, 0.2) is 34.5 Å². The molecular weight excluding hydrogens is 376 g/mol. The molecule has 0 bridgehead atoms. The second kappa shape index (κ2) is 6.83. The third-order valence-corrected chi connectivity index (χ3v) is 3.90. The van der Waals surface area contributed by atoms with Crippen molar-refractivity contribution in [2.45, 2.75) is 0 Å². The van der Waals surface area contributed by atoms with E-state index in [0.29, 0.717) is 11.5 Å². The highest BCUT2D eigenvalue weighted by Crippen LogP contribution is 2.38. The molecule has 4 rings (SSSR count). The van der Waals surface area contributed by atoms with Crippen molar-refractivity contribution in [3.8, 4) is 23.0 Å². The molecule has 2 aromatic carbocycles. The van der Waals surface area contributed by atoms with Gasteiger partial charge in [0, 0.05) is 0 Å². The lowest BCUT2D eigenvalue weighted by Crippen LogP contribution is -1.95. The second-order valence-corrected chi connectivity index (χ2v) is 5.53. The zero-order valence-corrected chi connectivity index (χ0v) is 13.9. The minimum Gasteiger partial charge on any atom is -0.454 e. The highest BCUT2D eigenvalue weighted by atomic mass is 16.7. The van der Waals surface area contributed by atoms with Gasteiger partial charge in [0.15, 0.2) is 23.0 Å². The number of benzene rings is 2. The molecule has 28 heavy (non-hydrogen) atoms. The Morgan fingerprint density at radius 3 is 1.43 bits per heavy atom. The first-order valence-corrected chi connectivity index (χ1v) is 7.75. The van der Waals surface area contributed by atoms with Gasteiger partial charge in [0.25, 0.3) is 11.4 Å². The number of nitro groups is 2. The van der Waals surface area contributed by atoms with Gasteiger partial charge in [-0.1, -0.05) is 0 Å². The van der Waals surface area contributed by atoms with Gasteiger partial charge in [-0.2, -0.15) is 10.2 Å². The molecule has 0 saturated carbocycles. The lowest BCUT2D eigenvalue weighted by Gasteiger charge is -2.00. The van der Waals surface area contributed by atoms with E-state index in [9.17, 15) is 20.2 Å². The minimum atomic E-state index is -0.588. The van der Waals surface area contributed by atoms with Gasteiger partial charge >= 0.3 is 0 Å². The summed E-state index contributed by atoms with van der Waals surface area (Å²) in [7, 11) is 0. The smallest absolute Gasteiger partial charge is 0.282 e. The second-order valence-electron chi connectivity index (χ2n) is 5.53. The Bertz CT molecular complexity index is 966. The monoisotopic (exact) mass is 386 g/mol. The van der Waals surface area contributed by atoms with Crippen molar-refractivity contribution in [3.05, 3.63) is 55.6 Å². The number of hydrogen-bond acceptors (Lipinski definition) is 10. The van der Waals surface area contributed by atoms with Crippen molar-refractivity contribution in [2.75, 3.05) is 13.6 Å². The molecule has 2 aliphatic heterocycles. The highest BCUT2D eigenvalue weighted by molar-refractivity contribution is 5.89. The summed E-state index contributed by atoms with van der Waals surface area (Å²) in [5.74, 6) is 1.23. The summed E-state index contributed by atoms with van der Waals surface area (Å²) in [4.78, 5) is 21.2. The Labute approximate surface area is 155 Å². The van der Waals surface area contributed by atoms with E-state index in [1.165, 1.54) is 24.3 Å². The molecule has 0 saturated heterocycles. The molecule has 0 fully saturated rings. The summed E-state index contributed by atoms with van der Waals surface area (Å²) in [5.41, 5.74) is -0.187. The number of nitrogens with zero attached hydrogens (tertiary/aromatic N) is 4. The van der Waals surface area contributed by atoms with Crippen LogP contribution >= 0.6 is 0 Å². The lowest BCUT2D eigenvalue weighted by atomic mass is 10.1. The summed E-state index contributed by atoms with van der Waals surface area (Å²) in [6.07, 6.45) is 2.30. The minimum absolute atomic E-state index is 0.0288. The fourth-order valence-electron chi connectivity index (χ4n) is 2.61. The maximum atomic E-state index is 11.2. The van der Waals surface area contributed by atoms with Gasteiger partial charge in [-0.25, -0.2) is 0 Å². The van der Waals surface area contributed by atoms with Gasteiger partial charge in [0.05, 0.1) is 45.5 Å². The predicted octanol–water partition coefficient (Wildman–Crippen LogP) is 2.41. The Morgan fingerprint density at radius 1 is 0.714 bits per heavy atom. The van der Waals surface area contributed by atoms with E-state index >= 15 is 0 Å². The van der Waals surface area contributed by atoms with Crippen LogP contribution < -0.4 is 18.9 Å². The quantitative estimate of drug-likeness (QED) is 0.432. The Hall–Kier alpha value is -4.22. The van der Waals surface area contributed by atoms with E-state index in [-0.39, 0.29) is 47.6 Å². The van der Waals surface area contributed by atoms with Crippen LogP contribution in [0.1, 0.15) is 11.1 Å². The van der Waals surface area contributed by atoms with Crippen LogP contribution in [0.4, 0.5) is 11.4 Å². The molecule has 0 radical (unpaired) electrons. The summed E-state index contributed by atoms with van der Waals surface area (Å²) in [5, 5.41) is 29.9. The fourth-order valence-corrected chi connectivity index (χ4v) is 2.61. The van der Waals surface area contributed by atoms with Crippen molar-refractivity contribution in [3.63, 3.8) is 0 Å². The molecule has 0 aliphatic carbocycles. The SMILES string of the molecule is O=[N+]([O-])c1cc2c(cc1/C=N\N=C/c1cc3c(cc1[N+](=O)[O-])OCO3)OCO2. The largest absolute Gasteiger partial charge is 0.454 e. The summed E-state index contributed by atoms with van der Waals surface area (Å²) in [6.45, 7) is -0.0575. The van der Waals surface area contributed by atoms with E-state index in [1.54, 1.807) is 0 Å². The summed E-state index contributed by atoms with van der Waals surface area (Å²) in [6, 6.07) is 5.27. The standard InChI is InChI=1S/C16H10N4O8/c21-19(22)11-3-15-13(25-7-27-15)1-9(11)5-17-18-6-10-2-14-16(28-8-26-14)4-12(10)20(23)24/h1-6H,7-8H2/b17-5-,18-6-. The van der Waals surface area contributed by atoms with Crippen molar-refractivity contribution < 1.29 is 28.8 Å². The van der Waals surface area contributed by atoms with Crippen LogP contribution in [0, 0.1) is 20.2 Å². The van der Waals surface area contributed by atoms with Crippen LogP contribution in [0.2, 0.25) is 0 Å². The zero-order chi connectivity index (χ0) is 19.7. The number of ether oxygens (including phenoxy) is 4. The first-order chi connectivity index (χ1) is 13.5. The third kappa shape index (κ3) is 3.13. The molecule has 0 N–H and O–H groups in total. The van der Waals surface area contributed by atoms with Crippen LogP contribution in [-0.2, 0) is 0 Å². The molecule has 0 unspecified atom stereocenters. The van der Waals surface area contributed by atoms with Crippen LogP contribution in [0.5, 0.6) is 23.0 Å². The van der Waals surface area contributed by atoms with Crippen molar-refractivity contribution in [1.29, 1.82) is 0 Å². The van der Waals surface area contributed by atoms with Crippen molar-refractivity contribution >= 4 is 23.8 Å². The molecule has 0 atom stereocenters. The molecule has 0 amide bonds. The topological polar surface area (TPSA) is 148 Å². The fraction of sp³-hybridized carbons (Fsp3) is 0.125. The van der Waals surface area contributed by atoms with Crippen molar-refractivity contribution in [1.82, 2.24) is 0 Å². The Balaban J connectivity index is 1.62. The number of hydrogen-bond donors (Lipinski definition) is 0. The van der Waals surface area contributed by atoms with Crippen molar-refractivity contribution in [2.24, 2.45) is 10.2 Å². The third-order valence-electron chi connectivity index (χ3n) is 3.90. The number of nitro benzene ring substituents is 2. The van der Waals surface area contributed by atoms with E-state index in [0.717, 1.165) is 12.4 Å². The molecule has 2 aliphatic rings. The van der Waals surface area contributed by atoms with Gasteiger partial charge in [-0.05, 0) is 12.1 Å². The molecular formula is C16H10N4O8. The van der Waals surface area contributed by atoms with E-state index < -0.39 is 9.85 Å². The summed E-state index contributed by atoms with van der Waals surface area (Å²) < 4.78 is 20.6. The van der Waals surface area contributed by atoms with E-state index in [4.69, 9.17) is 18.9 Å². The zero-order valence-electron chi connectivity index (χ0n) is 13.9. The Kier molecular flexibility index (Phi) is 4.20. The first kappa shape index (κ1) is 17.2. The number of rotatable bonds is 5. The molecule has 12 nitrogen and oxygen atoms in total. The summed E-state index contributed by atoms with van der Waals surface area (Å²) >= 11 is 0. The average molecular weight is 386 g/mol. The van der Waals surface area contributed by atoms with Crippen LogP contribution in [0.25, 0.3) is 0 Å². The average Bonchev–Trinajstić information content (AvgIpc) is 3.31. The van der Waals surface area contributed by atoms with Gasteiger partial charge in [-0.15, -0.1) is 0 Å². The normalized spacial score (nSPS) is 14.1. The predicted molar refractivity (Wildman–Crippen MR) is 93.6 cm³/mol. The molecule has 2 heterocycles. The lowest BCUT2D eigenvalue weighted by molar-refractivity contribution is -0.385. The van der Waals surface area contributed by atoms with Gasteiger partial charge < -0.3 is 18.9 Å². The first-order valence-electron chi connectivity index (χ1n) is 7.75. The van der Waals surface area contributed by atoms with Gasteiger partial charge in [-0.3, -0.25) is 20.2 Å². The molecule has 2 aromatic rings. The van der Waals surface area contributed by atoms with Gasteiger partial charge in [0.1, 0.15) is 0 Å². The van der Waals surface area contributed by atoms with Gasteiger partial charge in [0.2, 0.25) is 13.6 Å². The number of fused-ring (bicyclic) bond motifs is 2. The highest BCUT2D eigenvalue weighted by Gasteiger charge is 2.23. The molecule has 0 spiro atoms. The maximum Gasteiger partial charge on any atom is 0.282 e.